The highest BCUT2D eigenvalue weighted by atomic mass is 79.9. The Labute approximate surface area is 87.9 Å². The van der Waals surface area contributed by atoms with Crippen molar-refractivity contribution >= 4 is 15.9 Å². The van der Waals surface area contributed by atoms with E-state index >= 15 is 0 Å². The molecule has 0 radical (unpaired) electrons. The summed E-state index contributed by atoms with van der Waals surface area (Å²) in [5.41, 5.74) is 1.23. The van der Waals surface area contributed by atoms with Gasteiger partial charge in [0.15, 0.2) is 0 Å². The van der Waals surface area contributed by atoms with E-state index in [0.29, 0.717) is 4.83 Å². The molecule has 0 N–H and O–H groups in total. The maximum atomic E-state index is 3.98. The van der Waals surface area contributed by atoms with Crippen LogP contribution in [0.15, 0.2) is 18.7 Å². The molecule has 2 nitrogen and oxygen atoms in total. The minimum absolute atomic E-state index is 0.637. The zero-order valence-electron chi connectivity index (χ0n) is 7.91. The first kappa shape index (κ1) is 10.6. The Morgan fingerprint density at radius 3 is 2.62 bits per heavy atom. The Balaban J connectivity index is 2.27. The van der Waals surface area contributed by atoms with Crippen molar-refractivity contribution in [1.29, 1.82) is 0 Å². The van der Waals surface area contributed by atoms with Crippen molar-refractivity contribution in [2.75, 3.05) is 0 Å². The van der Waals surface area contributed by atoms with Gasteiger partial charge in [-0.05, 0) is 24.8 Å². The normalized spacial score (nSPS) is 12.8. The summed E-state index contributed by atoms with van der Waals surface area (Å²) in [7, 11) is 0. The van der Waals surface area contributed by atoms with Crippen molar-refractivity contribution in [2.45, 2.75) is 37.4 Å². The molecule has 13 heavy (non-hydrogen) atoms. The topological polar surface area (TPSA) is 25.8 Å². The molecule has 72 valence electrons. The lowest BCUT2D eigenvalue weighted by atomic mass is 10.1. The van der Waals surface area contributed by atoms with Crippen LogP contribution in [0.2, 0.25) is 0 Å². The largest absolute Gasteiger partial charge is 0.245 e. The second kappa shape index (κ2) is 6.08. The zero-order chi connectivity index (χ0) is 9.52. The molecular formula is C10H15BrN2. The van der Waals surface area contributed by atoms with E-state index in [9.17, 15) is 0 Å². The third-order valence-electron chi connectivity index (χ3n) is 1.96. The summed E-state index contributed by atoms with van der Waals surface area (Å²) in [6.45, 7) is 2.21. The standard InChI is InChI=1S/C10H15BrN2/c1-2-3-10(11)5-4-9-6-12-8-13-7-9/h6-8,10H,2-5H2,1H3. The molecule has 0 aliphatic rings. The van der Waals surface area contributed by atoms with Crippen LogP contribution in [0.4, 0.5) is 0 Å². The number of aromatic nitrogens is 2. The quantitative estimate of drug-likeness (QED) is 0.743. The predicted octanol–water partition coefficient (Wildman–Crippen LogP) is 2.97. The minimum atomic E-state index is 0.637. The molecule has 1 heterocycles. The van der Waals surface area contributed by atoms with Crippen LogP contribution in [-0.2, 0) is 6.42 Å². The summed E-state index contributed by atoms with van der Waals surface area (Å²) in [5.74, 6) is 0. The highest BCUT2D eigenvalue weighted by molar-refractivity contribution is 9.09. The monoisotopic (exact) mass is 242 g/mol. The Morgan fingerprint density at radius 2 is 2.00 bits per heavy atom. The number of nitrogens with zero attached hydrogens (tertiary/aromatic N) is 2. The first-order chi connectivity index (χ1) is 6.33. The summed E-state index contributed by atoms with van der Waals surface area (Å²) in [6, 6.07) is 0. The van der Waals surface area contributed by atoms with Crippen LogP contribution in [0.5, 0.6) is 0 Å². The van der Waals surface area contributed by atoms with Crippen LogP contribution in [0.1, 0.15) is 31.7 Å². The van der Waals surface area contributed by atoms with Crippen molar-refractivity contribution in [3.05, 3.63) is 24.3 Å². The summed E-state index contributed by atoms with van der Waals surface area (Å²) in [4.78, 5) is 8.60. The first-order valence-corrected chi connectivity index (χ1v) is 5.62. The van der Waals surface area contributed by atoms with E-state index in [4.69, 9.17) is 0 Å². The van der Waals surface area contributed by atoms with Crippen LogP contribution >= 0.6 is 15.9 Å². The number of hydrogen-bond donors (Lipinski definition) is 0. The first-order valence-electron chi connectivity index (χ1n) is 4.71. The molecule has 0 bridgehead atoms. The Hall–Kier alpha value is -0.440. The molecule has 1 atom stereocenters. The molecule has 3 heteroatoms. The van der Waals surface area contributed by atoms with Gasteiger partial charge in [-0.2, -0.15) is 0 Å². The molecule has 1 aromatic rings. The maximum Gasteiger partial charge on any atom is 0.115 e. The molecule has 0 amide bonds. The smallest absolute Gasteiger partial charge is 0.115 e. The fourth-order valence-corrected chi connectivity index (χ4v) is 1.93. The van der Waals surface area contributed by atoms with Crippen molar-refractivity contribution in [1.82, 2.24) is 9.97 Å². The third-order valence-corrected chi connectivity index (χ3v) is 2.88. The highest BCUT2D eigenvalue weighted by Crippen LogP contribution is 2.14. The van der Waals surface area contributed by atoms with E-state index in [-0.39, 0.29) is 0 Å². The Bertz CT molecular complexity index is 226. The van der Waals surface area contributed by atoms with Crippen molar-refractivity contribution in [2.24, 2.45) is 0 Å². The van der Waals surface area contributed by atoms with Crippen LogP contribution in [0.3, 0.4) is 0 Å². The minimum Gasteiger partial charge on any atom is -0.245 e. The number of alkyl halides is 1. The lowest BCUT2D eigenvalue weighted by Crippen LogP contribution is -1.99. The molecule has 0 spiro atoms. The summed E-state index contributed by atoms with van der Waals surface area (Å²) >= 11 is 3.65. The zero-order valence-corrected chi connectivity index (χ0v) is 9.50. The van der Waals surface area contributed by atoms with Gasteiger partial charge in [0.2, 0.25) is 0 Å². The second-order valence-electron chi connectivity index (χ2n) is 3.17. The van der Waals surface area contributed by atoms with Gasteiger partial charge in [0, 0.05) is 17.2 Å². The number of halogens is 1. The fraction of sp³-hybridized carbons (Fsp3) is 0.600. The van der Waals surface area contributed by atoms with Crippen LogP contribution in [0.25, 0.3) is 0 Å². The van der Waals surface area contributed by atoms with Gasteiger partial charge >= 0.3 is 0 Å². The molecular weight excluding hydrogens is 228 g/mol. The van der Waals surface area contributed by atoms with E-state index in [1.165, 1.54) is 24.8 Å². The maximum absolute atomic E-state index is 3.98. The average Bonchev–Trinajstić information content (AvgIpc) is 2.17. The summed E-state index contributed by atoms with van der Waals surface area (Å²) in [5, 5.41) is 0. The molecule has 1 unspecified atom stereocenters. The summed E-state index contributed by atoms with van der Waals surface area (Å²) in [6.07, 6.45) is 10.1. The lowest BCUT2D eigenvalue weighted by molar-refractivity contribution is 0.691. The third kappa shape index (κ3) is 4.36. The molecule has 1 rings (SSSR count). The predicted molar refractivity (Wildman–Crippen MR) is 58.0 cm³/mol. The van der Waals surface area contributed by atoms with Crippen LogP contribution in [-0.4, -0.2) is 14.8 Å². The summed E-state index contributed by atoms with van der Waals surface area (Å²) < 4.78 is 0. The molecule has 1 aromatic heterocycles. The SMILES string of the molecule is CCCC(Br)CCc1cncnc1. The van der Waals surface area contributed by atoms with Gasteiger partial charge in [0.05, 0.1) is 0 Å². The van der Waals surface area contributed by atoms with Gasteiger partial charge < -0.3 is 0 Å². The second-order valence-corrected chi connectivity index (χ2v) is 4.47. The fourth-order valence-electron chi connectivity index (χ4n) is 1.24. The van der Waals surface area contributed by atoms with Crippen molar-refractivity contribution in [3.63, 3.8) is 0 Å². The highest BCUT2D eigenvalue weighted by Gasteiger charge is 2.02. The number of aryl methyl sites for hydroxylation is 1. The van der Waals surface area contributed by atoms with Gasteiger partial charge in [0.1, 0.15) is 6.33 Å². The van der Waals surface area contributed by atoms with E-state index in [1.54, 1.807) is 6.33 Å². The van der Waals surface area contributed by atoms with Gasteiger partial charge in [0.25, 0.3) is 0 Å². The van der Waals surface area contributed by atoms with E-state index in [1.807, 2.05) is 12.4 Å². The molecule has 0 fully saturated rings. The number of hydrogen-bond acceptors (Lipinski definition) is 2. The Morgan fingerprint density at radius 1 is 1.31 bits per heavy atom. The van der Waals surface area contributed by atoms with Gasteiger partial charge in [-0.25, -0.2) is 9.97 Å². The molecule has 0 aliphatic carbocycles. The van der Waals surface area contributed by atoms with E-state index in [0.717, 1.165) is 6.42 Å². The van der Waals surface area contributed by atoms with Crippen LogP contribution in [0, 0.1) is 0 Å². The van der Waals surface area contributed by atoms with Crippen molar-refractivity contribution in [3.8, 4) is 0 Å². The van der Waals surface area contributed by atoms with Gasteiger partial charge in [-0.1, -0.05) is 29.3 Å². The van der Waals surface area contributed by atoms with E-state index in [2.05, 4.69) is 32.8 Å². The molecule has 0 aliphatic heterocycles. The Kier molecular flexibility index (Phi) is 4.98. The lowest BCUT2D eigenvalue weighted by Gasteiger charge is -2.06. The van der Waals surface area contributed by atoms with E-state index < -0.39 is 0 Å². The van der Waals surface area contributed by atoms with Crippen molar-refractivity contribution < 1.29 is 0 Å². The van der Waals surface area contributed by atoms with Crippen LogP contribution < -0.4 is 0 Å². The molecule has 0 saturated carbocycles. The van der Waals surface area contributed by atoms with Gasteiger partial charge in [-0.15, -0.1) is 0 Å². The number of rotatable bonds is 5. The average molecular weight is 243 g/mol. The molecule has 0 aromatic carbocycles. The van der Waals surface area contributed by atoms with Gasteiger partial charge in [-0.3, -0.25) is 0 Å². The molecule has 0 saturated heterocycles.